The summed E-state index contributed by atoms with van der Waals surface area (Å²) in [5.74, 6) is 0.145. The van der Waals surface area contributed by atoms with E-state index in [-0.39, 0.29) is 18.2 Å². The number of ether oxygens (including phenoxy) is 1. The minimum absolute atomic E-state index is 0.143. The van der Waals surface area contributed by atoms with Gasteiger partial charge >= 0.3 is 11.9 Å². The maximum absolute atomic E-state index is 11.0. The Hall–Kier alpha value is -2.45. The Morgan fingerprint density at radius 1 is 1.71 bits per heavy atom. The standard InChI is InChI=1S/C8H9N5O4/c1-11-6(9-5-7(11)13(15)16)4-10-12-2-3-17-8(12)14/h4-5H,2-3H2,1H3. The van der Waals surface area contributed by atoms with Crippen LogP contribution in [0.2, 0.25) is 0 Å². The lowest BCUT2D eigenvalue weighted by atomic mass is 10.6. The van der Waals surface area contributed by atoms with Gasteiger partial charge in [0, 0.05) is 0 Å². The molecule has 0 atom stereocenters. The number of nitrogens with zero attached hydrogens (tertiary/aromatic N) is 5. The van der Waals surface area contributed by atoms with Crippen molar-refractivity contribution in [3.8, 4) is 0 Å². The summed E-state index contributed by atoms with van der Waals surface area (Å²) >= 11 is 0. The highest BCUT2D eigenvalue weighted by molar-refractivity contribution is 5.78. The lowest BCUT2D eigenvalue weighted by molar-refractivity contribution is -0.391. The van der Waals surface area contributed by atoms with Gasteiger partial charge in [-0.2, -0.15) is 10.1 Å². The van der Waals surface area contributed by atoms with Crippen molar-refractivity contribution in [3.63, 3.8) is 0 Å². The van der Waals surface area contributed by atoms with Gasteiger partial charge < -0.3 is 14.9 Å². The number of hydrogen-bond acceptors (Lipinski definition) is 6. The third kappa shape index (κ3) is 2.07. The van der Waals surface area contributed by atoms with Crippen LogP contribution in [0.5, 0.6) is 0 Å². The summed E-state index contributed by atoms with van der Waals surface area (Å²) in [5.41, 5.74) is 0. The van der Waals surface area contributed by atoms with E-state index in [2.05, 4.69) is 14.8 Å². The molecule has 1 aromatic rings. The van der Waals surface area contributed by atoms with Gasteiger partial charge in [-0.15, -0.1) is 0 Å². The highest BCUT2D eigenvalue weighted by Crippen LogP contribution is 2.10. The van der Waals surface area contributed by atoms with Crippen LogP contribution < -0.4 is 0 Å². The zero-order chi connectivity index (χ0) is 12.4. The first kappa shape index (κ1) is 11.0. The summed E-state index contributed by atoms with van der Waals surface area (Å²) in [6.45, 7) is 0.652. The van der Waals surface area contributed by atoms with Crippen LogP contribution in [0.3, 0.4) is 0 Å². The van der Waals surface area contributed by atoms with Gasteiger partial charge in [0.15, 0.2) is 0 Å². The van der Waals surface area contributed by atoms with Crippen molar-refractivity contribution in [2.45, 2.75) is 0 Å². The molecule has 1 aliphatic rings. The van der Waals surface area contributed by atoms with Crippen molar-refractivity contribution in [1.29, 1.82) is 0 Å². The zero-order valence-electron chi connectivity index (χ0n) is 8.94. The number of cyclic esters (lactones) is 1. The fourth-order valence-corrected chi connectivity index (χ4v) is 1.32. The first-order chi connectivity index (χ1) is 8.09. The van der Waals surface area contributed by atoms with Gasteiger partial charge in [-0.3, -0.25) is 0 Å². The van der Waals surface area contributed by atoms with Gasteiger partial charge in [0.2, 0.25) is 5.82 Å². The second kappa shape index (κ2) is 4.20. The predicted octanol–water partition coefficient (Wildman–Crippen LogP) is 0.114. The second-order valence-corrected chi connectivity index (χ2v) is 3.27. The summed E-state index contributed by atoms with van der Waals surface area (Å²) in [4.78, 5) is 24.9. The summed E-state index contributed by atoms with van der Waals surface area (Å²) in [5, 5.41) is 15.5. The fourth-order valence-electron chi connectivity index (χ4n) is 1.32. The highest BCUT2D eigenvalue weighted by atomic mass is 16.6. The Balaban J connectivity index is 2.16. The number of amides is 1. The van der Waals surface area contributed by atoms with E-state index in [0.29, 0.717) is 6.54 Å². The Labute approximate surface area is 95.4 Å². The molecule has 9 nitrogen and oxygen atoms in total. The Morgan fingerprint density at radius 2 is 2.47 bits per heavy atom. The molecule has 2 rings (SSSR count). The lowest BCUT2D eigenvalue weighted by Gasteiger charge is -2.02. The molecule has 0 aromatic carbocycles. The van der Waals surface area contributed by atoms with Crippen LogP contribution >= 0.6 is 0 Å². The molecule has 1 amide bonds. The normalized spacial score (nSPS) is 15.6. The molecule has 0 unspecified atom stereocenters. The van der Waals surface area contributed by atoms with E-state index in [1.54, 1.807) is 0 Å². The quantitative estimate of drug-likeness (QED) is 0.423. The van der Waals surface area contributed by atoms with Crippen LogP contribution in [0.25, 0.3) is 0 Å². The summed E-state index contributed by atoms with van der Waals surface area (Å²) < 4.78 is 5.93. The molecule has 1 fully saturated rings. The van der Waals surface area contributed by atoms with Gasteiger partial charge in [0.05, 0.1) is 13.6 Å². The first-order valence-corrected chi connectivity index (χ1v) is 4.74. The summed E-state index contributed by atoms with van der Waals surface area (Å²) in [6.07, 6.45) is 1.87. The van der Waals surface area contributed by atoms with Crippen molar-refractivity contribution in [2.24, 2.45) is 12.1 Å². The fraction of sp³-hybridized carbons (Fsp3) is 0.375. The third-order valence-electron chi connectivity index (χ3n) is 2.24. The molecule has 0 bridgehead atoms. The number of hydrazone groups is 1. The van der Waals surface area contributed by atoms with Crippen molar-refractivity contribution >= 4 is 18.1 Å². The molecule has 1 saturated heterocycles. The predicted molar refractivity (Wildman–Crippen MR) is 55.5 cm³/mol. The largest absolute Gasteiger partial charge is 0.446 e. The first-order valence-electron chi connectivity index (χ1n) is 4.74. The highest BCUT2D eigenvalue weighted by Gasteiger charge is 2.21. The number of carbonyl (C=O) groups excluding carboxylic acids is 1. The zero-order valence-corrected chi connectivity index (χ0v) is 8.94. The molecule has 0 radical (unpaired) electrons. The van der Waals surface area contributed by atoms with E-state index in [1.807, 2.05) is 0 Å². The van der Waals surface area contributed by atoms with Crippen LogP contribution in [0, 0.1) is 10.1 Å². The molecule has 0 saturated carbocycles. The molecule has 9 heteroatoms. The van der Waals surface area contributed by atoms with Gasteiger partial charge in [0.1, 0.15) is 19.0 Å². The number of rotatable bonds is 3. The smallest absolute Gasteiger partial charge is 0.430 e. The molecule has 90 valence electrons. The van der Waals surface area contributed by atoms with E-state index in [1.165, 1.54) is 17.8 Å². The van der Waals surface area contributed by atoms with Crippen LogP contribution in [0.1, 0.15) is 5.82 Å². The molecular weight excluding hydrogens is 230 g/mol. The van der Waals surface area contributed by atoms with Gasteiger partial charge in [0.25, 0.3) is 0 Å². The second-order valence-electron chi connectivity index (χ2n) is 3.27. The lowest BCUT2D eigenvalue weighted by Crippen LogP contribution is -2.18. The van der Waals surface area contributed by atoms with E-state index < -0.39 is 11.0 Å². The average molecular weight is 239 g/mol. The van der Waals surface area contributed by atoms with Gasteiger partial charge in [-0.1, -0.05) is 0 Å². The van der Waals surface area contributed by atoms with Crippen LogP contribution in [-0.2, 0) is 11.8 Å². The minimum Gasteiger partial charge on any atom is -0.446 e. The molecule has 0 spiro atoms. The van der Waals surface area contributed by atoms with E-state index in [0.717, 1.165) is 11.2 Å². The molecule has 1 aliphatic heterocycles. The summed E-state index contributed by atoms with van der Waals surface area (Å²) in [7, 11) is 1.49. The molecule has 0 N–H and O–H groups in total. The monoisotopic (exact) mass is 239 g/mol. The minimum atomic E-state index is -0.547. The van der Waals surface area contributed by atoms with E-state index in [9.17, 15) is 14.9 Å². The third-order valence-corrected chi connectivity index (χ3v) is 2.24. The van der Waals surface area contributed by atoms with E-state index in [4.69, 9.17) is 0 Å². The van der Waals surface area contributed by atoms with Crippen molar-refractivity contribution in [2.75, 3.05) is 13.2 Å². The number of carbonyl (C=O) groups is 1. The Kier molecular flexibility index (Phi) is 2.73. The molecule has 1 aromatic heterocycles. The molecular formula is C8H9N5O4. The number of aromatic nitrogens is 2. The topological polar surface area (TPSA) is 103 Å². The number of nitro groups is 1. The van der Waals surface area contributed by atoms with Crippen molar-refractivity contribution in [1.82, 2.24) is 14.6 Å². The van der Waals surface area contributed by atoms with Crippen LogP contribution in [0.4, 0.5) is 10.6 Å². The van der Waals surface area contributed by atoms with Gasteiger partial charge in [-0.25, -0.2) is 14.3 Å². The number of imidazole rings is 1. The van der Waals surface area contributed by atoms with E-state index >= 15 is 0 Å². The maximum atomic E-state index is 11.0. The average Bonchev–Trinajstić information content (AvgIpc) is 2.82. The maximum Gasteiger partial charge on any atom is 0.430 e. The van der Waals surface area contributed by atoms with Crippen LogP contribution in [-0.4, -0.2) is 44.9 Å². The van der Waals surface area contributed by atoms with Crippen molar-refractivity contribution < 1.29 is 14.5 Å². The number of hydrogen-bond donors (Lipinski definition) is 0. The summed E-state index contributed by atoms with van der Waals surface area (Å²) in [6, 6.07) is 0. The van der Waals surface area contributed by atoms with Gasteiger partial charge in [-0.05, 0) is 4.92 Å². The SMILES string of the molecule is Cn1c([N+](=O)[O-])cnc1C=NN1CCOC1=O. The Morgan fingerprint density at radius 3 is 3.00 bits per heavy atom. The molecule has 17 heavy (non-hydrogen) atoms. The van der Waals surface area contributed by atoms with Crippen LogP contribution in [0.15, 0.2) is 11.3 Å². The molecule has 2 heterocycles. The Bertz CT molecular complexity index is 494. The van der Waals surface area contributed by atoms with Crippen molar-refractivity contribution in [3.05, 3.63) is 22.1 Å². The molecule has 0 aliphatic carbocycles.